The summed E-state index contributed by atoms with van der Waals surface area (Å²) in [7, 11) is 0. The van der Waals surface area contributed by atoms with Crippen LogP contribution in [0.5, 0.6) is 0 Å². The van der Waals surface area contributed by atoms with Crippen molar-refractivity contribution in [2.75, 3.05) is 73.0 Å². The molecule has 0 bridgehead atoms. The number of aryl methyl sites for hydroxylation is 2. The van der Waals surface area contributed by atoms with E-state index in [1.807, 2.05) is 50.2 Å². The Balaban J connectivity index is 0.000000237. The monoisotopic (exact) mass is 1120 g/mol. The molecule has 0 radical (unpaired) electrons. The fourth-order valence-electron chi connectivity index (χ4n) is 8.15. The lowest BCUT2D eigenvalue weighted by atomic mass is 9.99. The van der Waals surface area contributed by atoms with Crippen LogP contribution in [0.1, 0.15) is 89.2 Å². The van der Waals surface area contributed by atoms with Gasteiger partial charge in [0.15, 0.2) is 0 Å². The van der Waals surface area contributed by atoms with Gasteiger partial charge in [-0.15, -0.1) is 0 Å². The van der Waals surface area contributed by atoms with Gasteiger partial charge in [-0.05, 0) is 166 Å². The minimum absolute atomic E-state index is 0.142. The second-order valence-electron chi connectivity index (χ2n) is 19.9. The molecule has 0 spiro atoms. The van der Waals surface area contributed by atoms with Gasteiger partial charge in [0.05, 0.1) is 38.5 Å². The van der Waals surface area contributed by atoms with E-state index >= 15 is 0 Å². The van der Waals surface area contributed by atoms with Crippen molar-refractivity contribution < 1.29 is 54.9 Å². The second kappa shape index (κ2) is 26.1. The third-order valence-corrected chi connectivity index (χ3v) is 12.1. The van der Waals surface area contributed by atoms with Crippen molar-refractivity contribution in [1.29, 1.82) is 0 Å². The van der Waals surface area contributed by atoms with Crippen molar-refractivity contribution in [2.45, 2.75) is 78.5 Å². The van der Waals surface area contributed by atoms with E-state index in [0.717, 1.165) is 57.7 Å². The Morgan fingerprint density at radius 1 is 0.617 bits per heavy atom. The Bertz CT molecular complexity index is 3390. The molecule has 2 fully saturated rings. The van der Waals surface area contributed by atoms with Crippen LogP contribution < -0.4 is 31.5 Å². The summed E-state index contributed by atoms with van der Waals surface area (Å²) in [6.45, 7) is 17.6. The normalized spacial score (nSPS) is 14.3. The summed E-state index contributed by atoms with van der Waals surface area (Å²) in [5.41, 5.74) is 9.47. The van der Waals surface area contributed by atoms with E-state index in [-0.39, 0.29) is 17.2 Å². The zero-order valence-corrected chi connectivity index (χ0v) is 45.5. The Labute approximate surface area is 465 Å². The highest BCUT2D eigenvalue weighted by atomic mass is 19.4. The summed E-state index contributed by atoms with van der Waals surface area (Å²) < 4.78 is 94.6. The van der Waals surface area contributed by atoms with E-state index in [0.29, 0.717) is 87.3 Å². The molecule has 2 aromatic carbocycles. The standard InChI is InChI=1S/C32H34F3N5O4.C27H26F3N5O2/c1-20-6-8-25(39-29(41)22-10-11-36-27(17-22)32(33,34)35)19-26(20)23-16-24(38-28(18-23)40-12-14-43-15-13-40)9-7-21(2)37-30(42)44-31(3,4)5;1-17-3-5-22(34-26(36)19-7-8-32-24(14-19)27(28,29)30)16-23(17)20-13-21(6-4-18(2)31)33-25(15-20)35-9-11-37-12-10-35/h6,8,10-11,16-19,21H,12-15H2,1-5H3,(H,37,42)(H,39,41);3,5,7-8,13-16,18H,9-12,31H2,1-2H3,(H,34,36)/t21-;18-/m00/s1. The Kier molecular flexibility index (Phi) is 19.4. The van der Waals surface area contributed by atoms with Crippen molar-refractivity contribution >= 4 is 40.9 Å². The molecule has 2 atom stereocenters. The van der Waals surface area contributed by atoms with Gasteiger partial charge in [0.1, 0.15) is 40.0 Å². The van der Waals surface area contributed by atoms with Crippen LogP contribution in [-0.4, -0.2) is 108 Å². The lowest BCUT2D eigenvalue weighted by Gasteiger charge is -2.28. The van der Waals surface area contributed by atoms with Crippen LogP contribution in [-0.2, 0) is 26.6 Å². The number of pyridine rings is 4. The van der Waals surface area contributed by atoms with E-state index < -0.39 is 53.3 Å². The van der Waals surface area contributed by atoms with Crippen LogP contribution in [0.4, 0.5) is 54.1 Å². The van der Waals surface area contributed by atoms with Gasteiger partial charge in [-0.2, -0.15) is 26.3 Å². The molecule has 4 aromatic heterocycles. The van der Waals surface area contributed by atoms with Gasteiger partial charge in [-0.25, -0.2) is 14.8 Å². The molecular formula is C59H60F6N10O6. The average Bonchev–Trinajstić information content (AvgIpc) is 3.45. The first kappa shape index (κ1) is 60.1. The largest absolute Gasteiger partial charge is 0.444 e. The number of aromatic nitrogens is 4. The highest BCUT2D eigenvalue weighted by molar-refractivity contribution is 6.05. The topological polar surface area (TPSA) is 199 Å². The van der Waals surface area contributed by atoms with Crippen molar-refractivity contribution in [3.05, 3.63) is 142 Å². The lowest BCUT2D eigenvalue weighted by molar-refractivity contribution is -0.142. The molecule has 2 aliphatic rings. The molecule has 0 aliphatic carbocycles. The fourth-order valence-corrected chi connectivity index (χ4v) is 8.15. The van der Waals surface area contributed by atoms with Crippen molar-refractivity contribution in [3.63, 3.8) is 0 Å². The number of anilines is 4. The van der Waals surface area contributed by atoms with Gasteiger partial charge >= 0.3 is 18.4 Å². The predicted molar refractivity (Wildman–Crippen MR) is 296 cm³/mol. The Hall–Kier alpha value is -8.57. The van der Waals surface area contributed by atoms with Gasteiger partial charge in [0.2, 0.25) is 0 Å². The summed E-state index contributed by atoms with van der Waals surface area (Å²) in [6.07, 6.45) is -7.97. The number of carbonyl (C=O) groups excluding carboxylic acids is 3. The van der Waals surface area contributed by atoms with Gasteiger partial charge in [-0.3, -0.25) is 19.6 Å². The molecular weight excluding hydrogens is 1060 g/mol. The zero-order valence-electron chi connectivity index (χ0n) is 45.5. The number of ether oxygens (including phenoxy) is 3. The van der Waals surface area contributed by atoms with Crippen molar-refractivity contribution in [3.8, 4) is 45.9 Å². The molecule has 0 saturated carbocycles. The first-order valence-electron chi connectivity index (χ1n) is 25.7. The smallest absolute Gasteiger partial charge is 0.433 e. The fraction of sp³-hybridized carbons (Fsp3) is 0.339. The zero-order chi connectivity index (χ0) is 58.6. The maximum atomic E-state index is 13.1. The number of amides is 3. The second-order valence-corrected chi connectivity index (χ2v) is 19.9. The first-order valence-corrected chi connectivity index (χ1v) is 25.7. The van der Waals surface area contributed by atoms with E-state index in [4.69, 9.17) is 29.9 Å². The summed E-state index contributed by atoms with van der Waals surface area (Å²) >= 11 is 0. The maximum absolute atomic E-state index is 13.1. The van der Waals surface area contributed by atoms with Gasteiger partial charge in [-0.1, -0.05) is 24.0 Å². The van der Waals surface area contributed by atoms with Crippen LogP contribution in [0.15, 0.2) is 97.3 Å². The number of halogens is 6. The SMILES string of the molecule is Cc1ccc(NC(=O)c2ccnc(C(F)(F)F)c2)cc1-c1cc(C#C[C@H](C)N)nc(N2CCOCC2)c1.Cc1ccc(NC(=O)c2ccnc(C(F)(F)F)c2)cc1-c1cc(C#C[C@H](C)NC(=O)OC(C)(C)C)nc(N2CCOCC2)c1. The maximum Gasteiger partial charge on any atom is 0.433 e. The number of alkyl carbamates (subject to hydrolysis) is 1. The molecule has 22 heteroatoms. The summed E-state index contributed by atoms with van der Waals surface area (Å²) in [6, 6.07) is 21.2. The molecule has 8 rings (SSSR count). The number of morpholine rings is 2. The quantitative estimate of drug-likeness (QED) is 0.0789. The van der Waals surface area contributed by atoms with Crippen LogP contribution in [0.25, 0.3) is 22.3 Å². The predicted octanol–water partition coefficient (Wildman–Crippen LogP) is 10.1. The van der Waals surface area contributed by atoms with Crippen LogP contribution in [0.3, 0.4) is 0 Å². The number of hydrogen-bond donors (Lipinski definition) is 4. The van der Waals surface area contributed by atoms with Gasteiger partial charge in [0.25, 0.3) is 11.8 Å². The minimum atomic E-state index is -4.67. The average molecular weight is 1120 g/mol. The number of hydrogen-bond acceptors (Lipinski definition) is 13. The number of benzene rings is 2. The highest BCUT2D eigenvalue weighted by Crippen LogP contribution is 2.34. The summed E-state index contributed by atoms with van der Waals surface area (Å²) in [4.78, 5) is 58.0. The molecule has 5 N–H and O–H groups in total. The molecule has 424 valence electrons. The third-order valence-electron chi connectivity index (χ3n) is 12.1. The van der Waals surface area contributed by atoms with E-state index in [1.54, 1.807) is 58.9 Å². The van der Waals surface area contributed by atoms with Crippen LogP contribution in [0, 0.1) is 37.5 Å². The van der Waals surface area contributed by atoms with E-state index in [9.17, 15) is 40.7 Å². The number of carbonyl (C=O) groups is 3. The number of nitrogens with one attached hydrogen (secondary N) is 3. The van der Waals surface area contributed by atoms with Gasteiger partial charge in [0, 0.05) is 61.1 Å². The van der Waals surface area contributed by atoms with Crippen LogP contribution >= 0.6 is 0 Å². The number of rotatable bonds is 9. The molecule has 81 heavy (non-hydrogen) atoms. The molecule has 3 amide bonds. The minimum Gasteiger partial charge on any atom is -0.444 e. The summed E-state index contributed by atoms with van der Waals surface area (Å²) in [5.74, 6) is 12.1. The number of alkyl halides is 6. The molecule has 6 aromatic rings. The first-order chi connectivity index (χ1) is 38.3. The molecule has 2 saturated heterocycles. The molecule has 0 unspecified atom stereocenters. The van der Waals surface area contributed by atoms with E-state index in [1.165, 1.54) is 12.1 Å². The molecule has 2 aliphatic heterocycles. The molecule has 6 heterocycles. The number of nitrogens with two attached hydrogens (primary N) is 1. The Morgan fingerprint density at radius 2 is 1.04 bits per heavy atom. The van der Waals surface area contributed by atoms with E-state index in [2.05, 4.69) is 59.4 Å². The summed E-state index contributed by atoms with van der Waals surface area (Å²) in [5, 5.41) is 8.07. The third kappa shape index (κ3) is 17.5. The molecule has 16 nitrogen and oxygen atoms in total. The van der Waals surface area contributed by atoms with Crippen molar-refractivity contribution in [2.24, 2.45) is 5.73 Å². The highest BCUT2D eigenvalue weighted by Gasteiger charge is 2.34. The van der Waals surface area contributed by atoms with Crippen molar-refractivity contribution in [1.82, 2.24) is 25.3 Å². The Morgan fingerprint density at radius 3 is 1.43 bits per heavy atom. The lowest BCUT2D eigenvalue weighted by Crippen LogP contribution is -2.37. The van der Waals surface area contributed by atoms with Gasteiger partial charge < -0.3 is 45.7 Å². The number of nitrogens with zero attached hydrogens (tertiary/aromatic N) is 6. The van der Waals surface area contributed by atoms with Crippen LogP contribution in [0.2, 0.25) is 0 Å².